The number of benzene rings is 1. The van der Waals surface area contributed by atoms with Crippen LogP contribution in [-0.4, -0.2) is 106 Å². The van der Waals surface area contributed by atoms with Gasteiger partial charge in [0.1, 0.15) is 18.5 Å². The van der Waals surface area contributed by atoms with E-state index in [1.54, 1.807) is 36.6 Å². The van der Waals surface area contributed by atoms with Gasteiger partial charge >= 0.3 is 6.09 Å². The number of aromatic nitrogens is 2. The SMILES string of the molecule is CCC.CCCC(CC/C=C/OC(=O)N(C)C1CCc2c(C)c(F)cc3nc4c(c1c23)Cn1c-4cc(C(C)CC)c(COC=O)c1=O)C(=O)NCCCCC(NC(=O)CCCCCN(C)O)C(=O)NC(C)(C)CCOC(C)(C)C.[W]. The fourth-order valence-electron chi connectivity index (χ4n) is 10.3. The van der Waals surface area contributed by atoms with Crippen LogP contribution in [0.4, 0.5) is 9.18 Å². The van der Waals surface area contributed by atoms with Gasteiger partial charge in [-0.05, 0) is 159 Å². The zero-order valence-corrected chi connectivity index (χ0v) is 53.2. The van der Waals surface area contributed by atoms with E-state index < -0.39 is 23.7 Å². The Balaban J connectivity index is 0.00000411. The maximum absolute atomic E-state index is 15.5. The molecule has 2 aromatic heterocycles. The molecule has 17 nitrogen and oxygen atoms in total. The molecule has 3 aromatic rings. The Morgan fingerprint density at radius 1 is 0.975 bits per heavy atom. The molecule has 0 spiro atoms. The van der Waals surface area contributed by atoms with Crippen LogP contribution in [0.1, 0.15) is 211 Å². The van der Waals surface area contributed by atoms with Gasteiger partial charge in [-0.1, -0.05) is 53.9 Å². The summed E-state index contributed by atoms with van der Waals surface area (Å²) >= 11 is 0. The predicted octanol–water partition coefficient (Wildman–Crippen LogP) is 11.0. The van der Waals surface area contributed by atoms with Gasteiger partial charge in [-0.25, -0.2) is 14.2 Å². The number of unbranched alkanes of at least 4 members (excludes halogenated alkanes) is 3. The molecule has 4 unspecified atom stereocenters. The van der Waals surface area contributed by atoms with Crippen LogP contribution in [0, 0.1) is 18.7 Å². The average molecular weight is 1290 g/mol. The van der Waals surface area contributed by atoms with Crippen molar-refractivity contribution in [1.29, 1.82) is 0 Å². The summed E-state index contributed by atoms with van der Waals surface area (Å²) in [5.41, 5.74) is 4.52. The molecule has 1 aliphatic carbocycles. The molecule has 4 N–H and O–H groups in total. The van der Waals surface area contributed by atoms with Crippen molar-refractivity contribution in [3.05, 3.63) is 74.0 Å². The molecule has 1 aliphatic heterocycles. The number of carbonyl (C=O) groups excluding carboxylic acids is 5. The largest absolute Gasteiger partial charge is 0.463 e. The van der Waals surface area contributed by atoms with Crippen molar-refractivity contribution in [2.75, 3.05) is 33.8 Å². The summed E-state index contributed by atoms with van der Waals surface area (Å²) in [6.45, 7) is 23.6. The molecular formula is C61H94FN7O10W. The number of allylic oxidation sites excluding steroid dienone is 1. The van der Waals surface area contributed by atoms with E-state index >= 15 is 4.39 Å². The van der Waals surface area contributed by atoms with Gasteiger partial charge in [-0.15, -0.1) is 0 Å². The Hall–Kier alpha value is -5.03. The van der Waals surface area contributed by atoms with Crippen molar-refractivity contribution in [1.82, 2.24) is 35.5 Å². The van der Waals surface area contributed by atoms with Gasteiger partial charge in [0.05, 0.1) is 46.9 Å². The van der Waals surface area contributed by atoms with E-state index in [1.807, 2.05) is 61.5 Å². The van der Waals surface area contributed by atoms with E-state index in [9.17, 15) is 34.0 Å². The van der Waals surface area contributed by atoms with Crippen molar-refractivity contribution in [3.63, 3.8) is 0 Å². The number of nitrogens with zero attached hydrogens (tertiary/aromatic N) is 4. The molecule has 4 amide bonds. The average Bonchev–Trinajstić information content (AvgIpc) is 3.89. The van der Waals surface area contributed by atoms with Crippen LogP contribution in [-0.2, 0) is 74.0 Å². The van der Waals surface area contributed by atoms with Gasteiger partial charge in [0.25, 0.3) is 12.0 Å². The topological polar surface area (TPSA) is 211 Å². The minimum absolute atomic E-state index is 0. The summed E-state index contributed by atoms with van der Waals surface area (Å²) in [7, 11) is 3.26. The number of pyridine rings is 2. The first-order valence-corrected chi connectivity index (χ1v) is 28.9. The smallest absolute Gasteiger partial charge is 0.414 e. The minimum atomic E-state index is -0.746. The summed E-state index contributed by atoms with van der Waals surface area (Å²) < 4.78 is 33.8. The summed E-state index contributed by atoms with van der Waals surface area (Å²) in [4.78, 5) is 85.9. The van der Waals surface area contributed by atoms with Crippen LogP contribution in [0.5, 0.6) is 0 Å². The number of ether oxygens (including phenoxy) is 3. The number of aryl methyl sites for hydroxylation is 1. The quantitative estimate of drug-likeness (QED) is 0.0166. The van der Waals surface area contributed by atoms with Crippen molar-refractivity contribution in [2.24, 2.45) is 5.92 Å². The molecule has 3 heterocycles. The van der Waals surface area contributed by atoms with E-state index in [-0.39, 0.29) is 87.2 Å². The molecule has 19 heteroatoms. The number of carbonyl (C=O) groups is 5. The van der Waals surface area contributed by atoms with E-state index in [0.29, 0.717) is 118 Å². The fourth-order valence-corrected chi connectivity index (χ4v) is 10.3. The molecule has 2 aliphatic rings. The first-order valence-electron chi connectivity index (χ1n) is 28.9. The van der Waals surface area contributed by atoms with Crippen molar-refractivity contribution >= 4 is 41.2 Å². The van der Waals surface area contributed by atoms with Gasteiger partial charge in [-0.3, -0.25) is 24.0 Å². The number of amides is 4. The van der Waals surface area contributed by atoms with E-state index in [0.717, 1.165) is 58.4 Å². The predicted molar refractivity (Wildman–Crippen MR) is 307 cm³/mol. The molecule has 1 aromatic carbocycles. The molecular weight excluding hydrogens is 1190 g/mol. The zero-order chi connectivity index (χ0) is 58.6. The first-order chi connectivity index (χ1) is 37.4. The maximum atomic E-state index is 15.5. The third-order valence-corrected chi connectivity index (χ3v) is 14.9. The monoisotopic (exact) mass is 1290 g/mol. The molecule has 80 heavy (non-hydrogen) atoms. The number of rotatable bonds is 30. The van der Waals surface area contributed by atoms with Crippen LogP contribution in [0.15, 0.2) is 29.3 Å². The second kappa shape index (κ2) is 33.2. The second-order valence-electron chi connectivity index (χ2n) is 23.2. The van der Waals surface area contributed by atoms with E-state index in [1.165, 1.54) is 18.7 Å². The third-order valence-electron chi connectivity index (χ3n) is 14.9. The summed E-state index contributed by atoms with van der Waals surface area (Å²) in [5.74, 6) is -1.20. The minimum Gasteiger partial charge on any atom is -0.463 e. The number of halogens is 1. The van der Waals surface area contributed by atoms with Crippen molar-refractivity contribution in [2.45, 2.75) is 221 Å². The molecule has 0 radical (unpaired) electrons. The second-order valence-corrected chi connectivity index (χ2v) is 23.2. The van der Waals surface area contributed by atoms with Gasteiger partial charge < -0.3 is 44.8 Å². The summed E-state index contributed by atoms with van der Waals surface area (Å²) in [6.07, 6.45) is 12.6. The van der Waals surface area contributed by atoms with E-state index in [2.05, 4.69) is 29.8 Å². The number of hydrogen-bond donors (Lipinski definition) is 4. The first kappa shape index (κ1) is 69.2. The molecule has 0 fully saturated rings. The van der Waals surface area contributed by atoms with Gasteiger partial charge in [0.2, 0.25) is 17.7 Å². The maximum Gasteiger partial charge on any atom is 0.414 e. The summed E-state index contributed by atoms with van der Waals surface area (Å²) in [6, 6.07) is 2.13. The van der Waals surface area contributed by atoms with Crippen LogP contribution < -0.4 is 21.5 Å². The Bertz CT molecular complexity index is 2630. The third kappa shape index (κ3) is 19.9. The Labute approximate surface area is 489 Å². The number of hydroxylamine groups is 2. The summed E-state index contributed by atoms with van der Waals surface area (Å²) in [5, 5.41) is 20.4. The van der Waals surface area contributed by atoms with Gasteiger partial charge in [-0.2, -0.15) is 5.06 Å². The molecule has 446 valence electrons. The number of nitrogens with one attached hydrogen (secondary N) is 3. The molecule has 5 rings (SSSR count). The normalized spacial score (nSPS) is 14.7. The number of hydrogen-bond acceptors (Lipinski definition) is 12. The Kier molecular flexibility index (Phi) is 28.7. The molecule has 0 bridgehead atoms. The zero-order valence-electron chi connectivity index (χ0n) is 50.2. The van der Waals surface area contributed by atoms with Crippen LogP contribution in [0.3, 0.4) is 0 Å². The van der Waals surface area contributed by atoms with Crippen molar-refractivity contribution < 1.29 is 68.8 Å². The standard InChI is InChI=1S/C58H86FN7O10.C3H8.W/c1-12-21-39(53(69)60-28-18-16-23-45(61-49(68)24-15-14-19-29-64(10)73)54(70)63-58(8,9)27-31-76-57(5,6)7)22-17-20-30-75-56(72)65(11)47-26-25-40-38(4)44(59)33-46-50(40)51(47)42-34-66-48(52(42)62-46)32-41(37(3)13-2)43(55(66)71)35-74-36-67;1-3-2;/h20,30,32-33,36-37,39,45,47,73H,12-19,21-29,31,34-35H2,1-11H3,(H,60,69)(H,61,68)(H,63,70);3H2,1-2H3;/b30-20+;;. The van der Waals surface area contributed by atoms with E-state index in [4.69, 9.17) is 19.2 Å². The van der Waals surface area contributed by atoms with Crippen LogP contribution >= 0.6 is 0 Å². The Morgan fingerprint density at radius 3 is 2.34 bits per heavy atom. The van der Waals surface area contributed by atoms with Crippen LogP contribution in [0.25, 0.3) is 22.3 Å². The Morgan fingerprint density at radius 2 is 1.69 bits per heavy atom. The van der Waals surface area contributed by atoms with Gasteiger partial charge in [0, 0.05) is 89.8 Å². The molecule has 0 saturated heterocycles. The molecule has 0 saturated carbocycles. The van der Waals surface area contributed by atoms with Crippen LogP contribution in [0.2, 0.25) is 0 Å². The molecule has 4 atom stereocenters. The fraction of sp³-hybridized carbons (Fsp3) is 0.656. The van der Waals surface area contributed by atoms with Gasteiger partial charge in [0.15, 0.2) is 0 Å². The number of fused-ring (bicyclic) bond motifs is 4. The van der Waals surface area contributed by atoms with Crippen molar-refractivity contribution in [3.8, 4) is 11.4 Å².